The molecule has 0 spiro atoms. The zero-order valence-electron chi connectivity index (χ0n) is 20.0. The zero-order chi connectivity index (χ0) is 24.6. The fourth-order valence-corrected chi connectivity index (χ4v) is 5.71. The Morgan fingerprint density at radius 3 is 2.56 bits per heavy atom. The summed E-state index contributed by atoms with van der Waals surface area (Å²) in [5.41, 5.74) is 3.05. The molecule has 34 heavy (non-hydrogen) atoms. The molecule has 182 valence electrons. The lowest BCUT2D eigenvalue weighted by atomic mass is 9.84. The van der Waals surface area contributed by atoms with Gasteiger partial charge in [-0.3, -0.25) is 9.59 Å². The number of carbonyl (C=O) groups excluding carboxylic acids is 2. The van der Waals surface area contributed by atoms with Crippen LogP contribution in [0.3, 0.4) is 0 Å². The third-order valence-corrected chi connectivity index (χ3v) is 8.46. The molecule has 1 aliphatic heterocycles. The molecule has 2 amide bonds. The number of sulfonamides is 1. The van der Waals surface area contributed by atoms with Gasteiger partial charge >= 0.3 is 0 Å². The molecule has 4 rings (SSSR count). The Labute approximate surface area is 200 Å². The minimum Gasteiger partial charge on any atom is -0.495 e. The summed E-state index contributed by atoms with van der Waals surface area (Å²) in [4.78, 5) is 27.4. The number of carbonyl (C=O) groups is 2. The Bertz CT molecular complexity index is 1220. The molecule has 2 aromatic carbocycles. The fourth-order valence-electron chi connectivity index (χ4n) is 4.53. The lowest BCUT2D eigenvalue weighted by Gasteiger charge is -2.32. The monoisotopic (exact) mass is 485 g/mol. The van der Waals surface area contributed by atoms with Gasteiger partial charge in [0.25, 0.3) is 0 Å². The Morgan fingerprint density at radius 1 is 1.18 bits per heavy atom. The van der Waals surface area contributed by atoms with Crippen LogP contribution in [0.25, 0.3) is 0 Å². The molecule has 1 heterocycles. The van der Waals surface area contributed by atoms with Crippen molar-refractivity contribution >= 4 is 33.2 Å². The summed E-state index contributed by atoms with van der Waals surface area (Å²) in [6, 6.07) is 10.2. The second-order valence-corrected chi connectivity index (χ2v) is 11.2. The maximum atomic E-state index is 13.2. The van der Waals surface area contributed by atoms with E-state index in [2.05, 4.69) is 5.32 Å². The molecule has 2 aliphatic rings. The van der Waals surface area contributed by atoms with Crippen molar-refractivity contribution in [1.82, 2.24) is 4.31 Å². The first-order valence-electron chi connectivity index (χ1n) is 11.5. The number of rotatable bonds is 7. The van der Waals surface area contributed by atoms with E-state index in [0.717, 1.165) is 40.4 Å². The maximum Gasteiger partial charge on any atom is 0.243 e. The number of fused-ring (bicyclic) bond motifs is 1. The molecule has 0 bridgehead atoms. The number of nitrogens with one attached hydrogen (secondary N) is 1. The highest BCUT2D eigenvalue weighted by Gasteiger charge is 2.37. The predicted molar refractivity (Wildman–Crippen MR) is 131 cm³/mol. The van der Waals surface area contributed by atoms with Crippen LogP contribution in [0, 0.1) is 12.8 Å². The summed E-state index contributed by atoms with van der Waals surface area (Å²) in [6.45, 7) is 3.53. The van der Waals surface area contributed by atoms with E-state index < -0.39 is 15.9 Å². The second-order valence-electron chi connectivity index (χ2n) is 9.19. The summed E-state index contributed by atoms with van der Waals surface area (Å²) in [5, 5.41) is 2.73. The van der Waals surface area contributed by atoms with Gasteiger partial charge in [-0.05, 0) is 74.6 Å². The van der Waals surface area contributed by atoms with E-state index in [1.54, 1.807) is 24.3 Å². The second kappa shape index (κ2) is 9.38. The number of hydrogen-bond acceptors (Lipinski definition) is 5. The van der Waals surface area contributed by atoms with Gasteiger partial charge in [0, 0.05) is 24.7 Å². The number of amides is 2. The molecule has 0 saturated heterocycles. The number of methoxy groups -OCH3 is 1. The smallest absolute Gasteiger partial charge is 0.243 e. The molecular weight excluding hydrogens is 454 g/mol. The summed E-state index contributed by atoms with van der Waals surface area (Å²) in [5.74, 6) is 0.238. The number of nitrogens with zero attached hydrogens (tertiary/aromatic N) is 2. The first-order valence-corrected chi connectivity index (χ1v) is 12.9. The van der Waals surface area contributed by atoms with E-state index >= 15 is 0 Å². The lowest BCUT2D eigenvalue weighted by molar-refractivity contribution is -0.125. The van der Waals surface area contributed by atoms with Crippen LogP contribution in [-0.2, 0) is 26.0 Å². The van der Waals surface area contributed by atoms with Crippen LogP contribution in [0.1, 0.15) is 37.3 Å². The first-order chi connectivity index (χ1) is 16.1. The van der Waals surface area contributed by atoms with E-state index in [9.17, 15) is 18.0 Å². The Kier molecular flexibility index (Phi) is 6.69. The third kappa shape index (κ3) is 4.54. The molecule has 2 aromatic rings. The average molecular weight is 486 g/mol. The first kappa shape index (κ1) is 24.2. The molecule has 8 nitrogen and oxygen atoms in total. The normalized spacial score (nSPS) is 17.9. The highest BCUT2D eigenvalue weighted by molar-refractivity contribution is 7.89. The van der Waals surface area contributed by atoms with Crippen LogP contribution >= 0.6 is 0 Å². The average Bonchev–Trinajstić information content (AvgIpc) is 3.07. The van der Waals surface area contributed by atoms with Crippen LogP contribution in [0.4, 0.5) is 11.4 Å². The van der Waals surface area contributed by atoms with Gasteiger partial charge in [-0.15, -0.1) is 0 Å². The van der Waals surface area contributed by atoms with Gasteiger partial charge in [0.15, 0.2) is 0 Å². The minimum absolute atomic E-state index is 0.00568. The van der Waals surface area contributed by atoms with E-state index in [1.165, 1.54) is 20.2 Å². The van der Waals surface area contributed by atoms with Crippen molar-refractivity contribution < 1.29 is 22.7 Å². The highest BCUT2D eigenvalue weighted by Crippen LogP contribution is 2.38. The molecule has 0 aromatic heterocycles. The SMILES string of the molecule is COc1ccc(C)cc1NC(=O)CN(C)S(=O)(=O)c1ccc2c(c1)C[C@@H](C)N2C(=O)C1CCC1. The molecule has 9 heteroatoms. The molecule has 0 radical (unpaired) electrons. The minimum atomic E-state index is -3.90. The highest BCUT2D eigenvalue weighted by atomic mass is 32.2. The Balaban J connectivity index is 1.49. The zero-order valence-corrected chi connectivity index (χ0v) is 20.8. The molecule has 1 atom stereocenters. The largest absolute Gasteiger partial charge is 0.495 e. The summed E-state index contributed by atoms with van der Waals surface area (Å²) >= 11 is 0. The van der Waals surface area contributed by atoms with Crippen molar-refractivity contribution in [2.75, 3.05) is 30.9 Å². The molecule has 1 fully saturated rings. The van der Waals surface area contributed by atoms with E-state index in [-0.39, 0.29) is 29.3 Å². The lowest BCUT2D eigenvalue weighted by Crippen LogP contribution is -2.42. The van der Waals surface area contributed by atoms with Gasteiger partial charge in [0.1, 0.15) is 5.75 Å². The number of benzene rings is 2. The van der Waals surface area contributed by atoms with Crippen LogP contribution in [0.2, 0.25) is 0 Å². The number of anilines is 2. The quantitative estimate of drug-likeness (QED) is 0.649. The molecule has 0 unspecified atom stereocenters. The van der Waals surface area contributed by atoms with Crippen molar-refractivity contribution in [3.63, 3.8) is 0 Å². The van der Waals surface area contributed by atoms with Crippen molar-refractivity contribution in [2.24, 2.45) is 5.92 Å². The predicted octanol–water partition coefficient (Wildman–Crippen LogP) is 3.34. The standard InChI is InChI=1S/C25H31N3O5S/c1-16-8-11-23(33-4)21(12-16)26-24(29)15-27(3)34(31,32)20-9-10-22-19(14-20)13-17(2)28(22)25(30)18-6-5-7-18/h8-12,14,17-18H,5-7,13,15H2,1-4H3,(H,26,29)/t17-/m1/s1. The van der Waals surface area contributed by atoms with Crippen LogP contribution < -0.4 is 15.0 Å². The topological polar surface area (TPSA) is 96.0 Å². The summed E-state index contributed by atoms with van der Waals surface area (Å²) in [6.07, 6.45) is 3.53. The number of hydrogen-bond donors (Lipinski definition) is 1. The Hall–Kier alpha value is -2.91. The van der Waals surface area contributed by atoms with Crippen molar-refractivity contribution in [3.05, 3.63) is 47.5 Å². The van der Waals surface area contributed by atoms with Gasteiger partial charge in [-0.2, -0.15) is 4.31 Å². The van der Waals surface area contributed by atoms with Crippen LogP contribution in [-0.4, -0.2) is 51.3 Å². The van der Waals surface area contributed by atoms with Crippen molar-refractivity contribution in [3.8, 4) is 5.75 Å². The van der Waals surface area contributed by atoms with E-state index in [4.69, 9.17) is 4.74 Å². The van der Waals surface area contributed by atoms with Crippen molar-refractivity contribution in [1.29, 1.82) is 0 Å². The Morgan fingerprint density at radius 2 is 1.91 bits per heavy atom. The maximum absolute atomic E-state index is 13.2. The van der Waals surface area contributed by atoms with Crippen LogP contribution in [0.5, 0.6) is 5.75 Å². The molecule has 1 saturated carbocycles. The molecular formula is C25H31N3O5S. The number of likely N-dealkylation sites (N-methyl/N-ethyl adjacent to an activating group) is 1. The van der Waals surface area contributed by atoms with Gasteiger partial charge < -0.3 is 15.0 Å². The van der Waals surface area contributed by atoms with E-state index in [1.807, 2.05) is 24.8 Å². The third-order valence-electron chi connectivity index (χ3n) is 6.66. The van der Waals surface area contributed by atoms with Gasteiger partial charge in [0.05, 0.1) is 24.2 Å². The number of ether oxygens (including phenoxy) is 1. The summed E-state index contributed by atoms with van der Waals surface area (Å²) < 4.78 is 32.7. The van der Waals surface area contributed by atoms with Gasteiger partial charge in [-0.25, -0.2) is 8.42 Å². The van der Waals surface area contributed by atoms with Crippen molar-refractivity contribution in [2.45, 2.75) is 50.5 Å². The fraction of sp³-hybridized carbons (Fsp3) is 0.440. The summed E-state index contributed by atoms with van der Waals surface area (Å²) in [7, 11) is -1.01. The molecule has 1 aliphatic carbocycles. The molecule has 1 N–H and O–H groups in total. The van der Waals surface area contributed by atoms with Crippen LogP contribution in [0.15, 0.2) is 41.3 Å². The number of aryl methyl sites for hydroxylation is 1. The van der Waals surface area contributed by atoms with Gasteiger partial charge in [-0.1, -0.05) is 12.5 Å². The van der Waals surface area contributed by atoms with E-state index in [0.29, 0.717) is 17.9 Å². The van der Waals surface area contributed by atoms with Gasteiger partial charge in [0.2, 0.25) is 21.8 Å².